The minimum atomic E-state index is 0. The molecule has 5 heteroatoms. The third-order valence-corrected chi connectivity index (χ3v) is 2.80. The Bertz CT molecular complexity index is 193. The fourth-order valence-electron chi connectivity index (χ4n) is 1.64. The highest BCUT2D eigenvalue weighted by Gasteiger charge is 2.08. The fraction of sp³-hybridized carbons (Fsp3) is 0.917. The van der Waals surface area contributed by atoms with Gasteiger partial charge in [0.05, 0.1) is 6.54 Å². The van der Waals surface area contributed by atoms with Crippen molar-refractivity contribution in [2.45, 2.75) is 46.6 Å². The highest BCUT2D eigenvalue weighted by atomic mass is 127. The molecular weight excluding hydrogens is 327 g/mol. The first-order valence-corrected chi connectivity index (χ1v) is 6.43. The molecule has 0 aromatic carbocycles. The molecule has 104 valence electrons. The summed E-state index contributed by atoms with van der Waals surface area (Å²) in [4.78, 5) is 6.73. The zero-order chi connectivity index (χ0) is 12.4. The standard InChI is InChI=1S/C12H28N4.HI/c1-5-8-9-14-12(13)15-10-11(4)16(6-2)7-3;/h11H,5-10H2,1-4H3,(H3,13,14,15);1H. The second kappa shape index (κ2) is 12.4. The summed E-state index contributed by atoms with van der Waals surface area (Å²) in [5, 5.41) is 3.12. The number of halogens is 1. The number of aliphatic imine (C=N–C) groups is 1. The molecule has 17 heavy (non-hydrogen) atoms. The highest BCUT2D eigenvalue weighted by molar-refractivity contribution is 14.0. The maximum atomic E-state index is 5.77. The van der Waals surface area contributed by atoms with Crippen molar-refractivity contribution < 1.29 is 0 Å². The summed E-state index contributed by atoms with van der Waals surface area (Å²) in [6.45, 7) is 12.5. The van der Waals surface area contributed by atoms with Gasteiger partial charge >= 0.3 is 0 Å². The fourth-order valence-corrected chi connectivity index (χ4v) is 1.64. The summed E-state index contributed by atoms with van der Waals surface area (Å²) in [7, 11) is 0. The molecule has 0 aliphatic rings. The molecule has 0 fully saturated rings. The van der Waals surface area contributed by atoms with Crippen LogP contribution in [0.3, 0.4) is 0 Å². The Kier molecular flexibility index (Phi) is 14.1. The Morgan fingerprint density at radius 3 is 2.35 bits per heavy atom. The second-order valence-corrected chi connectivity index (χ2v) is 4.08. The van der Waals surface area contributed by atoms with Gasteiger partial charge in [-0.2, -0.15) is 0 Å². The molecule has 0 bridgehead atoms. The Morgan fingerprint density at radius 2 is 1.88 bits per heavy atom. The first-order valence-electron chi connectivity index (χ1n) is 6.43. The topological polar surface area (TPSA) is 53.6 Å². The molecule has 0 aliphatic carbocycles. The molecular formula is C12H29IN4. The molecule has 0 amide bonds. The lowest BCUT2D eigenvalue weighted by Gasteiger charge is -2.24. The number of guanidine groups is 1. The van der Waals surface area contributed by atoms with Crippen LogP contribution in [-0.2, 0) is 0 Å². The van der Waals surface area contributed by atoms with Gasteiger partial charge in [-0.05, 0) is 26.4 Å². The van der Waals surface area contributed by atoms with E-state index in [2.05, 4.69) is 42.9 Å². The minimum Gasteiger partial charge on any atom is -0.370 e. The van der Waals surface area contributed by atoms with Gasteiger partial charge in [0.25, 0.3) is 0 Å². The number of nitrogens with two attached hydrogens (primary N) is 1. The van der Waals surface area contributed by atoms with Crippen molar-refractivity contribution in [1.29, 1.82) is 0 Å². The van der Waals surface area contributed by atoms with Gasteiger partial charge in [-0.25, -0.2) is 0 Å². The van der Waals surface area contributed by atoms with Crippen LogP contribution in [0.2, 0.25) is 0 Å². The van der Waals surface area contributed by atoms with E-state index < -0.39 is 0 Å². The summed E-state index contributed by atoms with van der Waals surface area (Å²) < 4.78 is 0. The molecule has 0 heterocycles. The van der Waals surface area contributed by atoms with E-state index >= 15 is 0 Å². The Hall–Kier alpha value is -0.0400. The number of rotatable bonds is 8. The third kappa shape index (κ3) is 9.64. The number of likely N-dealkylation sites (N-methyl/N-ethyl adjacent to an activating group) is 1. The molecule has 0 saturated heterocycles. The predicted molar refractivity (Wildman–Crippen MR) is 87.2 cm³/mol. The zero-order valence-electron chi connectivity index (χ0n) is 11.7. The van der Waals surface area contributed by atoms with Crippen LogP contribution in [0.25, 0.3) is 0 Å². The van der Waals surface area contributed by atoms with Gasteiger partial charge in [-0.1, -0.05) is 27.2 Å². The Labute approximate surface area is 123 Å². The van der Waals surface area contributed by atoms with Gasteiger partial charge in [0, 0.05) is 12.6 Å². The SMILES string of the molecule is CCCCNC(N)=NCC(C)N(CC)CC.I. The van der Waals surface area contributed by atoms with E-state index in [9.17, 15) is 0 Å². The summed E-state index contributed by atoms with van der Waals surface area (Å²) in [6, 6.07) is 0.460. The molecule has 0 aromatic heterocycles. The van der Waals surface area contributed by atoms with Crippen LogP contribution in [0.5, 0.6) is 0 Å². The number of nitrogens with zero attached hydrogens (tertiary/aromatic N) is 2. The maximum absolute atomic E-state index is 5.77. The van der Waals surface area contributed by atoms with E-state index in [-0.39, 0.29) is 24.0 Å². The average molecular weight is 356 g/mol. The van der Waals surface area contributed by atoms with Crippen molar-refractivity contribution >= 4 is 29.9 Å². The van der Waals surface area contributed by atoms with E-state index in [0.717, 1.165) is 32.6 Å². The number of hydrogen-bond donors (Lipinski definition) is 2. The molecule has 3 N–H and O–H groups in total. The molecule has 4 nitrogen and oxygen atoms in total. The van der Waals surface area contributed by atoms with Gasteiger partial charge in [0.2, 0.25) is 0 Å². The van der Waals surface area contributed by atoms with Crippen LogP contribution in [0, 0.1) is 0 Å². The van der Waals surface area contributed by atoms with Crippen LogP contribution >= 0.6 is 24.0 Å². The van der Waals surface area contributed by atoms with Gasteiger partial charge in [-0.3, -0.25) is 9.89 Å². The predicted octanol–water partition coefficient (Wildman–Crippen LogP) is 2.04. The lowest BCUT2D eigenvalue weighted by molar-refractivity contribution is 0.237. The normalized spacial score (nSPS) is 13.4. The van der Waals surface area contributed by atoms with E-state index in [0.29, 0.717) is 12.0 Å². The molecule has 0 aromatic rings. The summed E-state index contributed by atoms with van der Waals surface area (Å²) >= 11 is 0. The lowest BCUT2D eigenvalue weighted by Crippen LogP contribution is -2.37. The quantitative estimate of drug-likeness (QED) is 0.303. The molecule has 1 unspecified atom stereocenters. The summed E-state index contributed by atoms with van der Waals surface area (Å²) in [5.74, 6) is 0.576. The van der Waals surface area contributed by atoms with Crippen LogP contribution < -0.4 is 11.1 Å². The van der Waals surface area contributed by atoms with Gasteiger partial charge in [-0.15, -0.1) is 24.0 Å². The summed E-state index contributed by atoms with van der Waals surface area (Å²) in [5.41, 5.74) is 5.77. The molecule has 1 atom stereocenters. The average Bonchev–Trinajstić information content (AvgIpc) is 2.28. The monoisotopic (exact) mass is 356 g/mol. The minimum absolute atomic E-state index is 0. The summed E-state index contributed by atoms with van der Waals surface area (Å²) in [6.07, 6.45) is 2.32. The molecule has 0 saturated carbocycles. The van der Waals surface area contributed by atoms with Crippen LogP contribution in [0.15, 0.2) is 4.99 Å². The second-order valence-electron chi connectivity index (χ2n) is 4.08. The van der Waals surface area contributed by atoms with Crippen LogP contribution in [0.4, 0.5) is 0 Å². The maximum Gasteiger partial charge on any atom is 0.188 e. The van der Waals surface area contributed by atoms with Crippen molar-refractivity contribution in [3.8, 4) is 0 Å². The zero-order valence-corrected chi connectivity index (χ0v) is 14.0. The van der Waals surface area contributed by atoms with Crippen molar-refractivity contribution in [2.24, 2.45) is 10.7 Å². The number of hydrogen-bond acceptors (Lipinski definition) is 2. The lowest BCUT2D eigenvalue weighted by atomic mass is 10.3. The van der Waals surface area contributed by atoms with E-state index in [1.807, 2.05) is 0 Å². The molecule has 0 aliphatic heterocycles. The first kappa shape index (κ1) is 19.3. The Morgan fingerprint density at radius 1 is 1.29 bits per heavy atom. The number of unbranched alkanes of at least 4 members (excludes halogenated alkanes) is 1. The van der Waals surface area contributed by atoms with Crippen LogP contribution in [-0.4, -0.2) is 43.1 Å². The molecule has 0 spiro atoms. The van der Waals surface area contributed by atoms with E-state index in [4.69, 9.17) is 5.73 Å². The Balaban J connectivity index is 0. The van der Waals surface area contributed by atoms with Crippen molar-refractivity contribution in [3.05, 3.63) is 0 Å². The smallest absolute Gasteiger partial charge is 0.188 e. The van der Waals surface area contributed by atoms with Crippen molar-refractivity contribution in [2.75, 3.05) is 26.2 Å². The molecule has 0 rings (SSSR count). The van der Waals surface area contributed by atoms with Gasteiger partial charge in [0.15, 0.2) is 5.96 Å². The van der Waals surface area contributed by atoms with Crippen LogP contribution in [0.1, 0.15) is 40.5 Å². The van der Waals surface area contributed by atoms with E-state index in [1.54, 1.807) is 0 Å². The number of nitrogens with one attached hydrogen (secondary N) is 1. The molecule has 0 radical (unpaired) electrons. The van der Waals surface area contributed by atoms with E-state index in [1.165, 1.54) is 6.42 Å². The largest absolute Gasteiger partial charge is 0.370 e. The first-order chi connectivity index (χ1) is 7.65. The van der Waals surface area contributed by atoms with Crippen molar-refractivity contribution in [3.63, 3.8) is 0 Å². The van der Waals surface area contributed by atoms with Crippen molar-refractivity contribution in [1.82, 2.24) is 10.2 Å². The van der Waals surface area contributed by atoms with Gasteiger partial charge in [0.1, 0.15) is 0 Å². The highest BCUT2D eigenvalue weighted by Crippen LogP contribution is 1.98. The third-order valence-electron chi connectivity index (χ3n) is 2.80. The van der Waals surface area contributed by atoms with Gasteiger partial charge < -0.3 is 11.1 Å².